The highest BCUT2D eigenvalue weighted by molar-refractivity contribution is 7.90. The van der Waals surface area contributed by atoms with Crippen molar-refractivity contribution in [3.63, 3.8) is 0 Å². The lowest BCUT2D eigenvalue weighted by Gasteiger charge is -2.18. The number of nitrogens with zero attached hydrogens (tertiary/aromatic N) is 1. The molecule has 0 bridgehead atoms. The molecule has 0 saturated heterocycles. The zero-order valence-electron chi connectivity index (χ0n) is 11.5. The van der Waals surface area contributed by atoms with E-state index in [0.29, 0.717) is 0 Å². The molecule has 0 amide bonds. The second kappa shape index (κ2) is 6.67. The van der Waals surface area contributed by atoms with Crippen LogP contribution in [0.5, 0.6) is 0 Å². The van der Waals surface area contributed by atoms with Crippen molar-refractivity contribution in [1.29, 1.82) is 0 Å². The van der Waals surface area contributed by atoms with Gasteiger partial charge in [0.05, 0.1) is 19.2 Å². The third kappa shape index (κ3) is 4.17. The summed E-state index contributed by atoms with van der Waals surface area (Å²) in [5.41, 5.74) is 0.368. The van der Waals surface area contributed by atoms with Gasteiger partial charge in [-0.15, -0.1) is 0 Å². The molecule has 1 aromatic rings. The summed E-state index contributed by atoms with van der Waals surface area (Å²) in [6.07, 6.45) is -0.0595. The van der Waals surface area contributed by atoms with Gasteiger partial charge in [-0.1, -0.05) is 6.07 Å². The normalized spacial score (nSPS) is 11.4. The Kier molecular flexibility index (Phi) is 5.46. The molecule has 0 aliphatic rings. The minimum absolute atomic E-state index is 0.0314. The van der Waals surface area contributed by atoms with Crippen LogP contribution < -0.4 is 4.72 Å². The Balaban J connectivity index is 2.79. The quantitative estimate of drug-likeness (QED) is 0.803. The molecule has 1 aromatic carbocycles. The highest BCUT2D eigenvalue weighted by atomic mass is 32.2. The molecule has 20 heavy (non-hydrogen) atoms. The molecule has 112 valence electrons. The van der Waals surface area contributed by atoms with Gasteiger partial charge in [0.25, 0.3) is 0 Å². The standard InChI is InChI=1S/C12H17FN2O4S/c1-9-10(13)5-4-6-11(9)14-20(17,18)15(2)8-7-12(16)19-3/h4-6,14H,7-8H2,1-3H3. The predicted octanol–water partition coefficient (Wildman–Crippen LogP) is 1.29. The fourth-order valence-electron chi connectivity index (χ4n) is 1.41. The lowest BCUT2D eigenvalue weighted by atomic mass is 10.2. The first-order chi connectivity index (χ1) is 9.27. The maximum Gasteiger partial charge on any atom is 0.306 e. The number of esters is 1. The van der Waals surface area contributed by atoms with Gasteiger partial charge in [-0.2, -0.15) is 12.7 Å². The van der Waals surface area contributed by atoms with Crippen molar-refractivity contribution in [2.24, 2.45) is 0 Å². The predicted molar refractivity (Wildman–Crippen MR) is 72.9 cm³/mol. The average molecular weight is 304 g/mol. The molecular weight excluding hydrogens is 287 g/mol. The van der Waals surface area contributed by atoms with Crippen molar-refractivity contribution in [2.45, 2.75) is 13.3 Å². The van der Waals surface area contributed by atoms with Gasteiger partial charge in [0.2, 0.25) is 0 Å². The van der Waals surface area contributed by atoms with Gasteiger partial charge in [0, 0.05) is 19.2 Å². The lowest BCUT2D eigenvalue weighted by molar-refractivity contribution is -0.140. The largest absolute Gasteiger partial charge is 0.469 e. The van der Waals surface area contributed by atoms with Gasteiger partial charge in [-0.3, -0.25) is 9.52 Å². The van der Waals surface area contributed by atoms with Gasteiger partial charge in [-0.05, 0) is 19.1 Å². The van der Waals surface area contributed by atoms with Gasteiger partial charge in [-0.25, -0.2) is 4.39 Å². The van der Waals surface area contributed by atoms with Crippen LogP contribution in [0.15, 0.2) is 18.2 Å². The zero-order chi connectivity index (χ0) is 15.3. The number of hydrogen-bond acceptors (Lipinski definition) is 4. The summed E-state index contributed by atoms with van der Waals surface area (Å²) < 4.78 is 45.0. The fraction of sp³-hybridized carbons (Fsp3) is 0.417. The third-order valence-electron chi connectivity index (χ3n) is 2.78. The molecule has 0 fully saturated rings. The highest BCUT2D eigenvalue weighted by Crippen LogP contribution is 2.19. The molecule has 0 atom stereocenters. The molecule has 1 rings (SSSR count). The van der Waals surface area contributed by atoms with E-state index in [-0.39, 0.29) is 24.2 Å². The number of methoxy groups -OCH3 is 1. The zero-order valence-corrected chi connectivity index (χ0v) is 12.3. The topological polar surface area (TPSA) is 75.7 Å². The minimum atomic E-state index is -3.85. The Morgan fingerprint density at radius 1 is 1.45 bits per heavy atom. The minimum Gasteiger partial charge on any atom is -0.469 e. The second-order valence-corrected chi connectivity index (χ2v) is 5.94. The van der Waals surface area contributed by atoms with Crippen LogP contribution in [-0.2, 0) is 19.7 Å². The van der Waals surface area contributed by atoms with Crippen LogP contribution in [0.3, 0.4) is 0 Å². The van der Waals surface area contributed by atoms with Crippen molar-refractivity contribution in [3.05, 3.63) is 29.6 Å². The molecule has 1 N–H and O–H groups in total. The van der Waals surface area contributed by atoms with E-state index in [9.17, 15) is 17.6 Å². The fourth-order valence-corrected chi connectivity index (χ4v) is 2.39. The van der Waals surface area contributed by atoms with E-state index in [1.807, 2.05) is 0 Å². The van der Waals surface area contributed by atoms with Crippen LogP contribution in [0.4, 0.5) is 10.1 Å². The van der Waals surface area contributed by atoms with Crippen molar-refractivity contribution in [3.8, 4) is 0 Å². The molecule has 0 aliphatic carbocycles. The molecule has 0 heterocycles. The summed E-state index contributed by atoms with van der Waals surface area (Å²) in [5, 5.41) is 0. The van der Waals surface area contributed by atoms with Crippen LogP contribution in [-0.4, -0.2) is 39.4 Å². The Morgan fingerprint density at radius 3 is 2.70 bits per heavy atom. The first-order valence-corrected chi connectivity index (χ1v) is 7.28. The van der Waals surface area contributed by atoms with Crippen molar-refractivity contribution >= 4 is 21.9 Å². The SMILES string of the molecule is COC(=O)CCN(C)S(=O)(=O)Nc1cccc(F)c1C. The summed E-state index contributed by atoms with van der Waals surface area (Å²) >= 11 is 0. The Labute approximate surface area is 117 Å². The van der Waals surface area contributed by atoms with Crippen LogP contribution in [0.1, 0.15) is 12.0 Å². The Hall–Kier alpha value is -1.67. The van der Waals surface area contributed by atoms with Crippen molar-refractivity contribution in [2.75, 3.05) is 25.4 Å². The number of rotatable bonds is 6. The molecule has 0 saturated carbocycles. The van der Waals surface area contributed by atoms with E-state index in [4.69, 9.17) is 0 Å². The summed E-state index contributed by atoms with van der Waals surface area (Å²) in [4.78, 5) is 11.0. The molecule has 0 aromatic heterocycles. The number of halogens is 1. The van der Waals surface area contributed by atoms with E-state index in [1.54, 1.807) is 0 Å². The van der Waals surface area contributed by atoms with Crippen LogP contribution in [0, 0.1) is 12.7 Å². The smallest absolute Gasteiger partial charge is 0.306 e. The van der Waals surface area contributed by atoms with Gasteiger partial charge in [0.15, 0.2) is 0 Å². The monoisotopic (exact) mass is 304 g/mol. The first-order valence-electron chi connectivity index (χ1n) is 5.84. The number of carbonyl (C=O) groups is 1. The van der Waals surface area contributed by atoms with E-state index in [0.717, 1.165) is 4.31 Å². The van der Waals surface area contributed by atoms with Gasteiger partial charge >= 0.3 is 16.2 Å². The van der Waals surface area contributed by atoms with Crippen LogP contribution >= 0.6 is 0 Å². The van der Waals surface area contributed by atoms with Crippen molar-refractivity contribution < 1.29 is 22.3 Å². The summed E-state index contributed by atoms with van der Waals surface area (Å²) in [7, 11) is -1.30. The number of benzene rings is 1. The molecule has 6 nitrogen and oxygen atoms in total. The molecule has 0 radical (unpaired) electrons. The maximum atomic E-state index is 13.3. The van der Waals surface area contributed by atoms with E-state index >= 15 is 0 Å². The maximum absolute atomic E-state index is 13.3. The lowest BCUT2D eigenvalue weighted by Crippen LogP contribution is -2.34. The van der Waals surface area contributed by atoms with Gasteiger partial charge in [0.1, 0.15) is 5.82 Å². The number of ether oxygens (including phenoxy) is 1. The summed E-state index contributed by atoms with van der Waals surface area (Å²) in [5.74, 6) is -1.00. The third-order valence-corrected chi connectivity index (χ3v) is 4.26. The molecular formula is C12H17FN2O4S. The number of anilines is 1. The Morgan fingerprint density at radius 2 is 2.10 bits per heavy atom. The van der Waals surface area contributed by atoms with Crippen LogP contribution in [0.2, 0.25) is 0 Å². The molecule has 0 spiro atoms. The molecule has 0 aliphatic heterocycles. The second-order valence-electron chi connectivity index (χ2n) is 4.17. The van der Waals surface area contributed by atoms with E-state index < -0.39 is 22.0 Å². The Bertz CT molecular complexity index is 589. The van der Waals surface area contributed by atoms with Gasteiger partial charge < -0.3 is 4.74 Å². The first kappa shape index (κ1) is 16.4. The van der Waals surface area contributed by atoms with E-state index in [1.165, 1.54) is 39.3 Å². The molecule has 0 unspecified atom stereocenters. The molecule has 8 heteroatoms. The van der Waals surface area contributed by atoms with E-state index in [2.05, 4.69) is 9.46 Å². The highest BCUT2D eigenvalue weighted by Gasteiger charge is 2.20. The number of nitrogens with one attached hydrogen (secondary N) is 1. The van der Waals surface area contributed by atoms with Crippen LogP contribution in [0.25, 0.3) is 0 Å². The summed E-state index contributed by atoms with van der Waals surface area (Å²) in [6.45, 7) is 1.44. The number of hydrogen-bond donors (Lipinski definition) is 1. The summed E-state index contributed by atoms with van der Waals surface area (Å²) in [6, 6.07) is 4.12. The average Bonchev–Trinajstić information content (AvgIpc) is 2.40. The number of carbonyl (C=O) groups excluding carboxylic acids is 1. The van der Waals surface area contributed by atoms with Crippen molar-refractivity contribution in [1.82, 2.24) is 4.31 Å².